The molecule has 1 saturated heterocycles. The lowest BCUT2D eigenvalue weighted by molar-refractivity contribution is -0.116. The number of benzene rings is 2. The fraction of sp³-hybridized carbons (Fsp3) is 0.381. The molecule has 0 radical (unpaired) electrons. The monoisotopic (exact) mass is 437 g/mol. The zero-order valence-corrected chi connectivity index (χ0v) is 18.2. The van der Waals surface area contributed by atoms with Crippen molar-refractivity contribution in [2.24, 2.45) is 0 Å². The summed E-state index contributed by atoms with van der Waals surface area (Å²) in [7, 11) is -0.577. The Balaban J connectivity index is 2.00. The first-order chi connectivity index (χ1) is 13.7. The molecule has 2 aromatic carbocycles. The fourth-order valence-corrected chi connectivity index (χ4v) is 5.20. The van der Waals surface area contributed by atoms with Gasteiger partial charge in [0.2, 0.25) is 15.7 Å². The molecule has 1 fully saturated rings. The van der Waals surface area contributed by atoms with Gasteiger partial charge in [-0.25, -0.2) is 8.42 Å². The average Bonchev–Trinajstić information content (AvgIpc) is 2.73. The number of amides is 1. The molecule has 0 aliphatic carbocycles. The van der Waals surface area contributed by atoms with Crippen LogP contribution in [0.2, 0.25) is 5.02 Å². The third kappa shape index (κ3) is 4.19. The Hall–Kier alpha value is -1.93. The summed E-state index contributed by atoms with van der Waals surface area (Å²) in [6, 6.07) is 11.2. The first-order valence-electron chi connectivity index (χ1n) is 9.24. The number of hydrogen-bond donors (Lipinski definition) is 0. The molecule has 29 heavy (non-hydrogen) atoms. The van der Waals surface area contributed by atoms with Crippen LogP contribution in [0.25, 0.3) is 0 Å². The van der Waals surface area contributed by atoms with Gasteiger partial charge in [-0.3, -0.25) is 4.79 Å². The van der Waals surface area contributed by atoms with Crippen LogP contribution >= 0.6 is 11.6 Å². The maximum Gasteiger partial charge on any atom is 0.223 e. The molecule has 0 bridgehead atoms. The Kier molecular flexibility index (Phi) is 6.33. The minimum atomic E-state index is -3.80. The number of methoxy groups -OCH3 is 1. The van der Waals surface area contributed by atoms with Crippen LogP contribution in [0.15, 0.2) is 52.3 Å². The molecule has 6 nitrogen and oxygen atoms in total. The first-order valence-corrected chi connectivity index (χ1v) is 11.1. The van der Waals surface area contributed by atoms with E-state index in [1.807, 2.05) is 6.07 Å². The maximum absolute atomic E-state index is 13.2. The van der Waals surface area contributed by atoms with Crippen LogP contribution in [0.4, 0.5) is 5.69 Å². The van der Waals surface area contributed by atoms with E-state index in [2.05, 4.69) is 0 Å². The Morgan fingerprint density at radius 1 is 1.14 bits per heavy atom. The Morgan fingerprint density at radius 3 is 2.38 bits per heavy atom. The molecule has 0 saturated carbocycles. The number of hydrogen-bond acceptors (Lipinski definition) is 5. The van der Waals surface area contributed by atoms with Gasteiger partial charge in [-0.15, -0.1) is 0 Å². The third-order valence-corrected chi connectivity index (χ3v) is 7.48. The normalized spacial score (nSPS) is 16.4. The van der Waals surface area contributed by atoms with E-state index < -0.39 is 15.4 Å². The number of rotatable bonds is 5. The highest BCUT2D eigenvalue weighted by Crippen LogP contribution is 2.37. The summed E-state index contributed by atoms with van der Waals surface area (Å²) in [6.45, 7) is 2.53. The lowest BCUT2D eigenvalue weighted by Crippen LogP contribution is -2.35. The van der Waals surface area contributed by atoms with Crippen LogP contribution < -0.4 is 4.90 Å². The van der Waals surface area contributed by atoms with Crippen molar-refractivity contribution in [1.29, 1.82) is 0 Å². The summed E-state index contributed by atoms with van der Waals surface area (Å²) >= 11 is 6.27. The summed E-state index contributed by atoms with van der Waals surface area (Å²) in [6.07, 6.45) is 1.32. The van der Waals surface area contributed by atoms with Crippen molar-refractivity contribution in [1.82, 2.24) is 0 Å². The van der Waals surface area contributed by atoms with Crippen molar-refractivity contribution >= 4 is 33.0 Å². The van der Waals surface area contributed by atoms with E-state index >= 15 is 0 Å². The van der Waals surface area contributed by atoms with Gasteiger partial charge in [0.15, 0.2) is 0 Å². The standard InChI is InChI=1S/C21H24ClNO5S/c1-15(24)23(2)20-8-7-18(14-19(20)22)29(25,26)17-6-4-5-16(13-17)21(27-3)9-11-28-12-10-21/h4-8,13-14H,9-12H2,1-3H3. The van der Waals surface area contributed by atoms with Crippen LogP contribution in [0.3, 0.4) is 0 Å². The summed E-state index contributed by atoms with van der Waals surface area (Å²) in [5.74, 6) is -0.198. The number of sulfone groups is 1. The van der Waals surface area contributed by atoms with Crippen LogP contribution in [0.1, 0.15) is 25.3 Å². The SMILES string of the molecule is COC1(c2cccc(S(=O)(=O)c3ccc(N(C)C(C)=O)c(Cl)c3)c2)CCOCC1. The largest absolute Gasteiger partial charge is 0.381 e. The average molecular weight is 438 g/mol. The number of carbonyl (C=O) groups is 1. The highest BCUT2D eigenvalue weighted by molar-refractivity contribution is 7.91. The van der Waals surface area contributed by atoms with Crippen molar-refractivity contribution in [2.75, 3.05) is 32.3 Å². The Labute approximate surface area is 176 Å². The smallest absolute Gasteiger partial charge is 0.223 e. The number of anilines is 1. The first kappa shape index (κ1) is 21.8. The number of halogens is 1. The molecule has 2 aromatic rings. The van der Waals surface area contributed by atoms with Gasteiger partial charge in [0.1, 0.15) is 0 Å². The van der Waals surface area contributed by atoms with Crippen molar-refractivity contribution in [2.45, 2.75) is 35.2 Å². The molecule has 0 N–H and O–H groups in total. The van der Waals surface area contributed by atoms with E-state index in [0.717, 1.165) is 5.56 Å². The second kappa shape index (κ2) is 8.44. The lowest BCUT2D eigenvalue weighted by Gasteiger charge is -2.36. The van der Waals surface area contributed by atoms with E-state index in [1.54, 1.807) is 32.4 Å². The van der Waals surface area contributed by atoms with Crippen molar-refractivity contribution in [3.8, 4) is 0 Å². The predicted molar refractivity (Wildman–Crippen MR) is 111 cm³/mol. The molecule has 156 valence electrons. The van der Waals surface area contributed by atoms with E-state index in [1.165, 1.54) is 30.0 Å². The molecule has 0 atom stereocenters. The van der Waals surface area contributed by atoms with Gasteiger partial charge in [0, 0.05) is 47.1 Å². The quantitative estimate of drug-likeness (QED) is 0.711. The lowest BCUT2D eigenvalue weighted by atomic mass is 9.86. The molecule has 1 aliphatic rings. The second-order valence-electron chi connectivity index (χ2n) is 7.03. The van der Waals surface area contributed by atoms with Crippen molar-refractivity contribution in [3.05, 3.63) is 53.1 Å². The zero-order valence-electron chi connectivity index (χ0n) is 16.6. The van der Waals surface area contributed by atoms with E-state index in [9.17, 15) is 13.2 Å². The fourth-order valence-electron chi connectivity index (χ4n) is 3.49. The molecule has 1 aliphatic heterocycles. The van der Waals surface area contributed by atoms with Gasteiger partial charge in [0.25, 0.3) is 0 Å². The van der Waals surface area contributed by atoms with Gasteiger partial charge in [-0.2, -0.15) is 0 Å². The minimum absolute atomic E-state index is 0.0683. The topological polar surface area (TPSA) is 72.9 Å². The van der Waals surface area contributed by atoms with Crippen molar-refractivity contribution in [3.63, 3.8) is 0 Å². The Bertz CT molecular complexity index is 1020. The molecule has 0 aromatic heterocycles. The Morgan fingerprint density at radius 2 is 1.79 bits per heavy atom. The van der Waals surface area contributed by atoms with Gasteiger partial charge in [-0.05, 0) is 35.9 Å². The zero-order chi connectivity index (χ0) is 21.2. The van der Waals surface area contributed by atoms with Crippen LogP contribution in [0, 0.1) is 0 Å². The van der Waals surface area contributed by atoms with E-state index in [-0.39, 0.29) is 20.7 Å². The van der Waals surface area contributed by atoms with Crippen LogP contribution in [0.5, 0.6) is 0 Å². The third-order valence-electron chi connectivity index (χ3n) is 5.42. The summed E-state index contributed by atoms with van der Waals surface area (Å²) in [5, 5.41) is 0.192. The molecule has 1 amide bonds. The highest BCUT2D eigenvalue weighted by Gasteiger charge is 2.35. The number of ether oxygens (including phenoxy) is 2. The molecule has 0 spiro atoms. The van der Waals surface area contributed by atoms with Crippen molar-refractivity contribution < 1.29 is 22.7 Å². The van der Waals surface area contributed by atoms with Crippen LogP contribution in [-0.2, 0) is 29.7 Å². The predicted octanol–water partition coefficient (Wildman–Crippen LogP) is 3.81. The van der Waals surface area contributed by atoms with Gasteiger partial charge in [0.05, 0.1) is 26.1 Å². The highest BCUT2D eigenvalue weighted by atomic mass is 35.5. The number of nitrogens with zero attached hydrogens (tertiary/aromatic N) is 1. The van der Waals surface area contributed by atoms with E-state index in [4.69, 9.17) is 21.1 Å². The molecular weight excluding hydrogens is 414 g/mol. The molecule has 3 rings (SSSR count). The molecule has 8 heteroatoms. The van der Waals surface area contributed by atoms with E-state index in [0.29, 0.717) is 31.7 Å². The van der Waals surface area contributed by atoms with Crippen LogP contribution in [-0.4, -0.2) is 41.7 Å². The summed E-state index contributed by atoms with van der Waals surface area (Å²) in [4.78, 5) is 13.2. The minimum Gasteiger partial charge on any atom is -0.381 e. The summed E-state index contributed by atoms with van der Waals surface area (Å²) < 4.78 is 37.7. The van der Waals surface area contributed by atoms with Gasteiger partial charge in [-0.1, -0.05) is 23.7 Å². The molecule has 0 unspecified atom stereocenters. The molecular formula is C21H24ClNO5S. The second-order valence-corrected chi connectivity index (χ2v) is 9.39. The molecule has 1 heterocycles. The number of carbonyl (C=O) groups excluding carboxylic acids is 1. The van der Waals surface area contributed by atoms with Gasteiger partial charge < -0.3 is 14.4 Å². The van der Waals surface area contributed by atoms with Gasteiger partial charge >= 0.3 is 0 Å². The maximum atomic E-state index is 13.2. The summed E-state index contributed by atoms with van der Waals surface area (Å²) in [5.41, 5.74) is 0.700.